The van der Waals surface area contributed by atoms with Gasteiger partial charge in [0.1, 0.15) is 4.70 Å². The van der Waals surface area contributed by atoms with Crippen LogP contribution in [0, 0.1) is 0 Å². The van der Waals surface area contributed by atoms with Gasteiger partial charge in [0.25, 0.3) is 11.5 Å². The molecule has 1 aliphatic heterocycles. The lowest BCUT2D eigenvalue weighted by Crippen LogP contribution is -2.40. The van der Waals surface area contributed by atoms with Crippen LogP contribution in [0.25, 0.3) is 20.7 Å². The number of rotatable bonds is 6. The summed E-state index contributed by atoms with van der Waals surface area (Å²) in [5.41, 5.74) is 2.04. The zero-order valence-electron chi connectivity index (χ0n) is 18.0. The van der Waals surface area contributed by atoms with Crippen LogP contribution in [0.1, 0.15) is 17.3 Å². The maximum absolute atomic E-state index is 12.8. The van der Waals surface area contributed by atoms with E-state index in [4.69, 9.17) is 4.74 Å². The SMILES string of the molecule is CC(=O)NCCNc1nc2cc(-c3ccc(C(=O)N4CCOCC4)cc3)sc2c(=O)n1C. The number of nitrogens with one attached hydrogen (secondary N) is 2. The van der Waals surface area contributed by atoms with Gasteiger partial charge < -0.3 is 20.3 Å². The molecule has 3 heterocycles. The number of morpholine rings is 1. The highest BCUT2D eigenvalue weighted by Crippen LogP contribution is 2.31. The number of benzene rings is 1. The number of aromatic nitrogens is 2. The number of fused-ring (bicyclic) bond motifs is 1. The quantitative estimate of drug-likeness (QED) is 0.548. The predicted octanol–water partition coefficient (Wildman–Crippen LogP) is 1.68. The number of nitrogens with zero attached hydrogens (tertiary/aromatic N) is 3. The maximum atomic E-state index is 12.8. The molecule has 0 radical (unpaired) electrons. The van der Waals surface area contributed by atoms with Gasteiger partial charge in [-0.25, -0.2) is 4.98 Å². The van der Waals surface area contributed by atoms with Gasteiger partial charge in [0.05, 0.1) is 18.7 Å². The molecule has 0 bridgehead atoms. The van der Waals surface area contributed by atoms with E-state index in [1.165, 1.54) is 22.8 Å². The number of carbonyl (C=O) groups excluding carboxylic acids is 2. The summed E-state index contributed by atoms with van der Waals surface area (Å²) in [7, 11) is 1.67. The van der Waals surface area contributed by atoms with E-state index in [1.807, 2.05) is 30.3 Å². The van der Waals surface area contributed by atoms with Crippen molar-refractivity contribution in [3.8, 4) is 10.4 Å². The molecular weight excluding hydrogens is 430 g/mol. The third-order valence-corrected chi connectivity index (χ3v) is 6.41. The van der Waals surface area contributed by atoms with Crippen molar-refractivity contribution in [1.29, 1.82) is 0 Å². The molecule has 1 saturated heterocycles. The highest BCUT2D eigenvalue weighted by atomic mass is 32.1. The van der Waals surface area contributed by atoms with E-state index in [-0.39, 0.29) is 17.4 Å². The molecule has 2 N–H and O–H groups in total. The number of anilines is 1. The Balaban J connectivity index is 1.54. The largest absolute Gasteiger partial charge is 0.378 e. The van der Waals surface area contributed by atoms with Gasteiger partial charge in [-0.2, -0.15) is 0 Å². The van der Waals surface area contributed by atoms with Crippen molar-refractivity contribution in [3.63, 3.8) is 0 Å². The van der Waals surface area contributed by atoms with Gasteiger partial charge in [-0.15, -0.1) is 11.3 Å². The van der Waals surface area contributed by atoms with Crippen LogP contribution in [0.5, 0.6) is 0 Å². The number of carbonyl (C=O) groups is 2. The minimum Gasteiger partial charge on any atom is -0.378 e. The van der Waals surface area contributed by atoms with Crippen molar-refractivity contribution in [2.24, 2.45) is 7.05 Å². The summed E-state index contributed by atoms with van der Waals surface area (Å²) in [6, 6.07) is 9.32. The van der Waals surface area contributed by atoms with Gasteiger partial charge in [0.15, 0.2) is 0 Å². The molecule has 32 heavy (non-hydrogen) atoms. The highest BCUT2D eigenvalue weighted by Gasteiger charge is 2.19. The maximum Gasteiger partial charge on any atom is 0.272 e. The summed E-state index contributed by atoms with van der Waals surface area (Å²) < 4.78 is 7.35. The minimum atomic E-state index is -0.132. The van der Waals surface area contributed by atoms with E-state index < -0.39 is 0 Å². The fraction of sp³-hybridized carbons (Fsp3) is 0.364. The van der Waals surface area contributed by atoms with Crippen molar-refractivity contribution in [2.75, 3.05) is 44.7 Å². The third-order valence-electron chi connectivity index (χ3n) is 5.25. The van der Waals surface area contributed by atoms with Gasteiger partial charge >= 0.3 is 0 Å². The summed E-state index contributed by atoms with van der Waals surface area (Å²) >= 11 is 1.38. The average molecular weight is 456 g/mol. The number of ether oxygens (including phenoxy) is 1. The fourth-order valence-corrected chi connectivity index (χ4v) is 4.57. The van der Waals surface area contributed by atoms with E-state index >= 15 is 0 Å². The summed E-state index contributed by atoms with van der Waals surface area (Å²) in [5.74, 6) is 0.342. The van der Waals surface area contributed by atoms with Crippen molar-refractivity contribution in [3.05, 3.63) is 46.2 Å². The Morgan fingerprint density at radius 1 is 1.16 bits per heavy atom. The van der Waals surface area contributed by atoms with Crippen LogP contribution in [0.2, 0.25) is 0 Å². The topological polar surface area (TPSA) is 106 Å². The highest BCUT2D eigenvalue weighted by molar-refractivity contribution is 7.22. The molecule has 3 aromatic rings. The molecule has 0 aliphatic carbocycles. The van der Waals surface area contributed by atoms with Gasteiger partial charge in [0, 0.05) is 50.6 Å². The molecule has 1 aromatic carbocycles. The first-order valence-corrected chi connectivity index (χ1v) is 11.2. The molecule has 10 heteroatoms. The van der Waals surface area contributed by atoms with Gasteiger partial charge in [-0.3, -0.25) is 19.0 Å². The molecule has 1 fully saturated rings. The van der Waals surface area contributed by atoms with E-state index in [0.717, 1.165) is 10.4 Å². The van der Waals surface area contributed by atoms with Crippen molar-refractivity contribution >= 4 is 39.3 Å². The lowest BCUT2D eigenvalue weighted by atomic mass is 10.1. The molecule has 4 rings (SSSR count). The van der Waals surface area contributed by atoms with E-state index in [2.05, 4.69) is 15.6 Å². The number of hydrogen-bond acceptors (Lipinski definition) is 7. The van der Waals surface area contributed by atoms with Gasteiger partial charge in [-0.1, -0.05) is 12.1 Å². The Morgan fingerprint density at radius 2 is 1.88 bits per heavy atom. The molecule has 0 atom stereocenters. The zero-order valence-corrected chi connectivity index (χ0v) is 18.8. The van der Waals surface area contributed by atoms with Crippen molar-refractivity contribution in [2.45, 2.75) is 6.92 Å². The molecule has 0 unspecified atom stereocenters. The summed E-state index contributed by atoms with van der Waals surface area (Å²) in [6.45, 7) is 4.70. The zero-order chi connectivity index (χ0) is 22.7. The Bertz CT molecular complexity index is 1200. The molecule has 0 saturated carbocycles. The van der Waals surface area contributed by atoms with Gasteiger partial charge in [-0.05, 0) is 23.8 Å². The normalized spacial score (nSPS) is 13.9. The Hall–Kier alpha value is -3.24. The Kier molecular flexibility index (Phi) is 6.52. The summed E-state index contributed by atoms with van der Waals surface area (Å²) in [6.07, 6.45) is 0. The van der Waals surface area contributed by atoms with Crippen LogP contribution in [-0.2, 0) is 16.6 Å². The summed E-state index contributed by atoms with van der Waals surface area (Å²) in [5, 5.41) is 5.79. The molecular formula is C22H25N5O4S. The smallest absolute Gasteiger partial charge is 0.272 e. The number of amides is 2. The second-order valence-corrected chi connectivity index (χ2v) is 8.57. The van der Waals surface area contributed by atoms with E-state index in [1.54, 1.807) is 11.9 Å². The van der Waals surface area contributed by atoms with E-state index in [9.17, 15) is 14.4 Å². The van der Waals surface area contributed by atoms with Crippen molar-refractivity contribution in [1.82, 2.24) is 19.8 Å². The Labute approximate surface area is 189 Å². The molecule has 2 amide bonds. The van der Waals surface area contributed by atoms with E-state index in [0.29, 0.717) is 61.1 Å². The van der Waals surface area contributed by atoms with Crippen LogP contribution in [0.15, 0.2) is 35.1 Å². The standard InChI is InChI=1S/C22H25N5O4S/c1-14(28)23-7-8-24-22-25-17-13-18(32-19(17)21(30)26(22)2)15-3-5-16(6-4-15)20(29)27-9-11-31-12-10-27/h3-6,13H,7-12H2,1-2H3,(H,23,28)(H,24,25). The summed E-state index contributed by atoms with van der Waals surface area (Å²) in [4.78, 5) is 43.7. The molecule has 9 nitrogen and oxygen atoms in total. The molecule has 168 valence electrons. The lowest BCUT2D eigenvalue weighted by molar-refractivity contribution is -0.118. The predicted molar refractivity (Wildman–Crippen MR) is 124 cm³/mol. The molecule has 1 aliphatic rings. The fourth-order valence-electron chi connectivity index (χ4n) is 3.49. The first-order valence-electron chi connectivity index (χ1n) is 10.4. The first kappa shape index (κ1) is 22.0. The lowest BCUT2D eigenvalue weighted by Gasteiger charge is -2.26. The van der Waals surface area contributed by atoms with Crippen LogP contribution in [0.4, 0.5) is 5.95 Å². The molecule has 0 spiro atoms. The molecule has 2 aromatic heterocycles. The first-order chi connectivity index (χ1) is 15.4. The third kappa shape index (κ3) is 4.66. The minimum absolute atomic E-state index is 0.00158. The second-order valence-electron chi connectivity index (χ2n) is 7.52. The van der Waals surface area contributed by atoms with Crippen LogP contribution in [0.3, 0.4) is 0 Å². The number of hydrogen-bond donors (Lipinski definition) is 2. The monoisotopic (exact) mass is 455 g/mol. The van der Waals surface area contributed by atoms with Crippen molar-refractivity contribution < 1.29 is 14.3 Å². The Morgan fingerprint density at radius 3 is 2.56 bits per heavy atom. The number of thiophene rings is 1. The van der Waals surface area contributed by atoms with Crippen LogP contribution < -0.4 is 16.2 Å². The van der Waals surface area contributed by atoms with Gasteiger partial charge in [0.2, 0.25) is 11.9 Å². The average Bonchev–Trinajstić information content (AvgIpc) is 3.24. The second kappa shape index (κ2) is 9.49. The van der Waals surface area contributed by atoms with Crippen LogP contribution >= 0.6 is 11.3 Å². The van der Waals surface area contributed by atoms with Crippen LogP contribution in [-0.4, -0.2) is 65.7 Å².